The highest BCUT2D eigenvalue weighted by molar-refractivity contribution is 6.74. The Morgan fingerprint density at radius 1 is 0.909 bits per heavy atom. The van der Waals surface area contributed by atoms with Crippen LogP contribution in [0.15, 0.2) is 30.3 Å². The smallest absolute Gasteiger partial charge is 0.304 e. The van der Waals surface area contributed by atoms with Crippen molar-refractivity contribution in [1.82, 2.24) is 4.90 Å². The lowest BCUT2D eigenvalue weighted by molar-refractivity contribution is -0.164. The summed E-state index contributed by atoms with van der Waals surface area (Å²) in [5.74, 6) is -0.624. The van der Waals surface area contributed by atoms with Gasteiger partial charge in [0, 0.05) is 13.5 Å². The lowest BCUT2D eigenvalue weighted by Crippen LogP contribution is -2.54. The molecule has 2 rings (SSSR count). The van der Waals surface area contributed by atoms with Crippen LogP contribution in [0.4, 0.5) is 0 Å². The number of esters is 1. The topological polar surface area (TPSA) is 65.1 Å². The Kier molecular flexibility index (Phi) is 8.11. The fourth-order valence-electron chi connectivity index (χ4n) is 3.25. The first-order valence-electron chi connectivity index (χ1n) is 11.7. The quantitative estimate of drug-likeness (QED) is 0.360. The molecule has 0 bridgehead atoms. The molecule has 0 aliphatic carbocycles. The number of benzene rings is 1. The molecule has 0 N–H and O–H groups in total. The molecule has 0 aromatic heterocycles. The van der Waals surface area contributed by atoms with Gasteiger partial charge in [-0.2, -0.15) is 0 Å². The van der Waals surface area contributed by atoms with Crippen LogP contribution in [0.5, 0.6) is 0 Å². The molecule has 1 aliphatic heterocycles. The third-order valence-electron chi connectivity index (χ3n) is 7.36. The largest absolute Gasteiger partial charge is 0.439 e. The van der Waals surface area contributed by atoms with Crippen molar-refractivity contribution in [2.75, 3.05) is 0 Å². The van der Waals surface area contributed by atoms with Gasteiger partial charge in [-0.1, -0.05) is 71.9 Å². The van der Waals surface area contributed by atoms with Crippen LogP contribution in [-0.4, -0.2) is 51.8 Å². The third kappa shape index (κ3) is 6.35. The van der Waals surface area contributed by atoms with Crippen LogP contribution >= 0.6 is 0 Å². The molecule has 1 aromatic carbocycles. The van der Waals surface area contributed by atoms with Crippen molar-refractivity contribution in [1.29, 1.82) is 0 Å². The number of nitrogens with zero attached hydrogens (tertiary/aromatic N) is 1. The number of ether oxygens (including phenoxy) is 1. The zero-order valence-electron chi connectivity index (χ0n) is 22.3. The summed E-state index contributed by atoms with van der Waals surface area (Å²) in [4.78, 5) is 27.6. The second-order valence-corrected chi connectivity index (χ2v) is 21.6. The maximum absolute atomic E-state index is 13.8. The zero-order chi connectivity index (χ0) is 25.4. The first-order valence-corrected chi connectivity index (χ1v) is 17.6. The molecule has 6 nitrogen and oxygen atoms in total. The van der Waals surface area contributed by atoms with Crippen LogP contribution in [-0.2, 0) is 29.7 Å². The average molecular weight is 494 g/mol. The van der Waals surface area contributed by atoms with E-state index in [9.17, 15) is 9.59 Å². The van der Waals surface area contributed by atoms with Gasteiger partial charge in [0.2, 0.25) is 6.23 Å². The van der Waals surface area contributed by atoms with E-state index in [2.05, 4.69) is 67.7 Å². The van der Waals surface area contributed by atoms with Crippen LogP contribution < -0.4 is 0 Å². The number of carbonyl (C=O) groups is 2. The number of hydrogen-bond donors (Lipinski definition) is 0. The van der Waals surface area contributed by atoms with E-state index in [1.165, 1.54) is 6.92 Å². The summed E-state index contributed by atoms with van der Waals surface area (Å²) >= 11 is 0. The highest BCUT2D eigenvalue weighted by Crippen LogP contribution is 2.43. The van der Waals surface area contributed by atoms with Crippen LogP contribution in [0.25, 0.3) is 0 Å². The fourth-order valence-corrected chi connectivity index (χ4v) is 5.75. The summed E-state index contributed by atoms with van der Waals surface area (Å²) in [6, 6.07) is 9.73. The molecular formula is C25H43NO5Si2. The maximum atomic E-state index is 13.8. The van der Waals surface area contributed by atoms with Crippen LogP contribution in [0.3, 0.4) is 0 Å². The molecule has 8 heteroatoms. The summed E-state index contributed by atoms with van der Waals surface area (Å²) < 4.78 is 19.2. The highest BCUT2D eigenvalue weighted by Gasteiger charge is 2.57. The van der Waals surface area contributed by atoms with Gasteiger partial charge in [-0.25, -0.2) is 0 Å². The minimum Gasteiger partial charge on any atom is -0.439 e. The Morgan fingerprint density at radius 2 is 1.39 bits per heavy atom. The van der Waals surface area contributed by atoms with Crippen molar-refractivity contribution in [3.05, 3.63) is 35.9 Å². The van der Waals surface area contributed by atoms with Gasteiger partial charge < -0.3 is 13.6 Å². The van der Waals surface area contributed by atoms with Gasteiger partial charge in [0.05, 0.1) is 0 Å². The minimum atomic E-state index is -2.32. The normalized spacial score (nSPS) is 22.6. The maximum Gasteiger partial charge on any atom is 0.304 e. The number of hydrogen-bond acceptors (Lipinski definition) is 5. The molecule has 3 atom stereocenters. The second kappa shape index (κ2) is 9.64. The van der Waals surface area contributed by atoms with Crippen molar-refractivity contribution in [3.8, 4) is 0 Å². The van der Waals surface area contributed by atoms with Crippen molar-refractivity contribution < 1.29 is 23.2 Å². The van der Waals surface area contributed by atoms with E-state index in [1.807, 2.05) is 30.3 Å². The first-order chi connectivity index (χ1) is 14.9. The van der Waals surface area contributed by atoms with Crippen molar-refractivity contribution in [2.45, 2.75) is 110 Å². The van der Waals surface area contributed by atoms with Gasteiger partial charge in [0.25, 0.3) is 5.91 Å². The van der Waals surface area contributed by atoms with Gasteiger partial charge in [0.1, 0.15) is 6.10 Å². The van der Waals surface area contributed by atoms with Gasteiger partial charge in [-0.05, 0) is 41.8 Å². The molecule has 0 saturated carbocycles. The highest BCUT2D eigenvalue weighted by atomic mass is 28.4. The molecule has 186 valence electrons. The van der Waals surface area contributed by atoms with Crippen LogP contribution in [0, 0.1) is 0 Å². The average Bonchev–Trinajstić information content (AvgIpc) is 2.85. The van der Waals surface area contributed by atoms with E-state index in [0.29, 0.717) is 6.54 Å². The summed E-state index contributed by atoms with van der Waals surface area (Å²) in [5, 5.41) is -0.163. The van der Waals surface area contributed by atoms with Crippen LogP contribution in [0.1, 0.15) is 54.0 Å². The molecule has 1 heterocycles. The van der Waals surface area contributed by atoms with Gasteiger partial charge >= 0.3 is 5.97 Å². The Balaban J connectivity index is 2.54. The summed E-state index contributed by atoms with van der Waals surface area (Å²) in [6.07, 6.45) is -2.33. The van der Waals surface area contributed by atoms with Crippen molar-refractivity contribution >= 4 is 28.5 Å². The lowest BCUT2D eigenvalue weighted by Gasteiger charge is -2.43. The van der Waals surface area contributed by atoms with E-state index >= 15 is 0 Å². The number of rotatable bonds is 7. The zero-order valence-corrected chi connectivity index (χ0v) is 24.3. The first kappa shape index (κ1) is 27.8. The molecule has 1 unspecified atom stereocenters. The molecule has 1 aliphatic rings. The molecule has 1 amide bonds. The summed E-state index contributed by atoms with van der Waals surface area (Å²) in [5.41, 5.74) is 0.960. The van der Waals surface area contributed by atoms with Crippen molar-refractivity contribution in [2.24, 2.45) is 0 Å². The molecular weight excluding hydrogens is 450 g/mol. The van der Waals surface area contributed by atoms with E-state index in [4.69, 9.17) is 13.6 Å². The third-order valence-corrected chi connectivity index (χ3v) is 16.3. The minimum absolute atomic E-state index is 0.0782. The molecule has 0 radical (unpaired) electrons. The monoisotopic (exact) mass is 493 g/mol. The second-order valence-electron chi connectivity index (χ2n) is 12.1. The van der Waals surface area contributed by atoms with Crippen molar-refractivity contribution in [3.63, 3.8) is 0 Å². The van der Waals surface area contributed by atoms with Gasteiger partial charge in [0.15, 0.2) is 22.7 Å². The van der Waals surface area contributed by atoms with Crippen LogP contribution in [0.2, 0.25) is 36.3 Å². The molecule has 1 saturated heterocycles. The van der Waals surface area contributed by atoms with E-state index < -0.39 is 41.0 Å². The standard InChI is InChI=1S/C25H43NO5Si2/c1-18(27)29-23-21(31-33(10,11)25(5,6)7)20(30-32(8,9)24(2,3)4)22(28)26(23)17-19-15-13-12-14-16-19/h12-16,20-21,23H,17H2,1-11H3/t20-,21-,23?/m1/s1. The summed E-state index contributed by atoms with van der Waals surface area (Å²) in [7, 11) is -4.63. The number of amides is 1. The molecule has 1 aromatic rings. The molecule has 33 heavy (non-hydrogen) atoms. The van der Waals surface area contributed by atoms with Gasteiger partial charge in [-0.15, -0.1) is 0 Å². The Bertz CT molecular complexity index is 843. The van der Waals surface area contributed by atoms with E-state index in [0.717, 1.165) is 5.56 Å². The van der Waals surface area contributed by atoms with E-state index in [-0.39, 0.29) is 16.0 Å². The Hall–Kier alpha value is -1.49. The summed E-state index contributed by atoms with van der Waals surface area (Å²) in [6.45, 7) is 23.1. The molecule has 0 spiro atoms. The Morgan fingerprint density at radius 3 is 1.85 bits per heavy atom. The lowest BCUT2D eigenvalue weighted by atomic mass is 10.2. The predicted molar refractivity (Wildman–Crippen MR) is 137 cm³/mol. The molecule has 1 fully saturated rings. The number of likely N-dealkylation sites (tertiary alicyclic amines) is 1. The Labute approximate surface area is 202 Å². The number of carbonyl (C=O) groups excluding carboxylic acids is 2. The fraction of sp³-hybridized carbons (Fsp3) is 0.680. The predicted octanol–water partition coefficient (Wildman–Crippen LogP) is 5.70. The SMILES string of the molecule is CC(=O)OC1[C@H](O[Si](C)(C)C(C)(C)C)[C@@H](O[Si](C)(C)C(C)(C)C)C(=O)N1Cc1ccccc1. The van der Waals surface area contributed by atoms with E-state index in [1.54, 1.807) is 4.90 Å². The van der Waals surface area contributed by atoms with Gasteiger partial charge in [-0.3, -0.25) is 14.5 Å².